The largest absolute Gasteiger partial charge is 0.381 e. The zero-order chi connectivity index (χ0) is 14.8. The standard InChI is InChI=1S/C13H18N6O2/c1-18-12-7-10(6-9-3-5-21-8-9)16-19(12)4-2-11(13(18)20)15-17-14/h7,9,11H,2-6,8H2,1H3. The summed E-state index contributed by atoms with van der Waals surface area (Å²) in [6.45, 7) is 2.19. The minimum Gasteiger partial charge on any atom is -0.381 e. The van der Waals surface area contributed by atoms with Crippen LogP contribution in [0.25, 0.3) is 10.4 Å². The number of hydrogen-bond acceptors (Lipinski definition) is 4. The molecule has 2 unspecified atom stereocenters. The molecule has 3 rings (SSSR count). The molecule has 0 spiro atoms. The molecule has 112 valence electrons. The second-order valence-corrected chi connectivity index (χ2v) is 5.56. The van der Waals surface area contributed by atoms with Gasteiger partial charge in [-0.3, -0.25) is 9.69 Å². The van der Waals surface area contributed by atoms with E-state index in [-0.39, 0.29) is 5.91 Å². The van der Waals surface area contributed by atoms with Crippen LogP contribution in [0, 0.1) is 5.92 Å². The molecular formula is C13H18N6O2. The van der Waals surface area contributed by atoms with Crippen molar-refractivity contribution in [2.45, 2.75) is 31.8 Å². The fourth-order valence-corrected chi connectivity index (χ4v) is 2.91. The molecule has 3 heterocycles. The normalized spacial score (nSPS) is 25.4. The number of fused-ring (bicyclic) bond motifs is 1. The van der Waals surface area contributed by atoms with Gasteiger partial charge in [0, 0.05) is 37.8 Å². The molecule has 0 aromatic carbocycles. The van der Waals surface area contributed by atoms with Gasteiger partial charge >= 0.3 is 0 Å². The van der Waals surface area contributed by atoms with Crippen molar-refractivity contribution >= 4 is 11.7 Å². The molecule has 1 fully saturated rings. The fraction of sp³-hybridized carbons (Fsp3) is 0.692. The van der Waals surface area contributed by atoms with Gasteiger partial charge in [0.15, 0.2) is 0 Å². The number of amides is 1. The Morgan fingerprint density at radius 3 is 3.14 bits per heavy atom. The summed E-state index contributed by atoms with van der Waals surface area (Å²) in [6.07, 6.45) is 2.42. The minimum atomic E-state index is -0.645. The Kier molecular flexibility index (Phi) is 3.81. The highest BCUT2D eigenvalue weighted by Gasteiger charge is 2.29. The molecule has 0 bridgehead atoms. The third-order valence-electron chi connectivity index (χ3n) is 4.10. The Labute approximate surface area is 122 Å². The maximum Gasteiger partial charge on any atom is 0.236 e. The lowest BCUT2D eigenvalue weighted by Crippen LogP contribution is -2.34. The van der Waals surface area contributed by atoms with Gasteiger partial charge in [0.1, 0.15) is 11.9 Å². The molecular weight excluding hydrogens is 272 g/mol. The first-order valence-electron chi connectivity index (χ1n) is 7.15. The first-order chi connectivity index (χ1) is 10.2. The highest BCUT2D eigenvalue weighted by Crippen LogP contribution is 2.25. The smallest absolute Gasteiger partial charge is 0.236 e. The Bertz CT molecular complexity index is 585. The van der Waals surface area contributed by atoms with E-state index in [1.807, 2.05) is 10.7 Å². The van der Waals surface area contributed by atoms with E-state index < -0.39 is 6.04 Å². The van der Waals surface area contributed by atoms with E-state index in [1.54, 1.807) is 7.05 Å². The van der Waals surface area contributed by atoms with Crippen LogP contribution in [0.3, 0.4) is 0 Å². The van der Waals surface area contributed by atoms with Gasteiger partial charge in [-0.15, -0.1) is 0 Å². The van der Waals surface area contributed by atoms with E-state index in [1.165, 1.54) is 4.90 Å². The summed E-state index contributed by atoms with van der Waals surface area (Å²) in [6, 6.07) is 1.31. The maximum absolute atomic E-state index is 12.3. The lowest BCUT2D eigenvalue weighted by molar-refractivity contribution is -0.119. The first-order valence-corrected chi connectivity index (χ1v) is 7.15. The lowest BCUT2D eigenvalue weighted by Gasteiger charge is -2.16. The van der Waals surface area contributed by atoms with E-state index in [2.05, 4.69) is 15.1 Å². The summed E-state index contributed by atoms with van der Waals surface area (Å²) in [4.78, 5) is 16.5. The van der Waals surface area contributed by atoms with Gasteiger partial charge in [0.05, 0.1) is 5.69 Å². The van der Waals surface area contributed by atoms with Crippen molar-refractivity contribution in [1.82, 2.24) is 9.78 Å². The Hall–Kier alpha value is -2.05. The van der Waals surface area contributed by atoms with Gasteiger partial charge < -0.3 is 4.74 Å². The number of likely N-dealkylation sites (N-methyl/N-ethyl adjacent to an activating group) is 1. The van der Waals surface area contributed by atoms with Crippen molar-refractivity contribution in [1.29, 1.82) is 0 Å². The van der Waals surface area contributed by atoms with Crippen LogP contribution in [0.5, 0.6) is 0 Å². The predicted octanol–water partition coefficient (Wildman–Crippen LogP) is 1.51. The molecule has 8 nitrogen and oxygen atoms in total. The molecule has 21 heavy (non-hydrogen) atoms. The van der Waals surface area contributed by atoms with Crippen molar-refractivity contribution in [3.63, 3.8) is 0 Å². The molecule has 0 radical (unpaired) electrons. The Morgan fingerprint density at radius 1 is 1.57 bits per heavy atom. The zero-order valence-electron chi connectivity index (χ0n) is 12.0. The zero-order valence-corrected chi connectivity index (χ0v) is 12.0. The second kappa shape index (κ2) is 5.75. The van der Waals surface area contributed by atoms with Crippen molar-refractivity contribution < 1.29 is 9.53 Å². The van der Waals surface area contributed by atoms with E-state index in [0.717, 1.165) is 37.6 Å². The summed E-state index contributed by atoms with van der Waals surface area (Å²) in [5, 5.41) is 8.16. The summed E-state index contributed by atoms with van der Waals surface area (Å²) in [5.41, 5.74) is 9.53. The summed E-state index contributed by atoms with van der Waals surface area (Å²) in [7, 11) is 1.70. The molecule has 1 amide bonds. The number of nitrogens with zero attached hydrogens (tertiary/aromatic N) is 6. The third kappa shape index (κ3) is 2.72. The summed E-state index contributed by atoms with van der Waals surface area (Å²) < 4.78 is 7.21. The van der Waals surface area contributed by atoms with Gasteiger partial charge in [0.2, 0.25) is 5.91 Å². The SMILES string of the molecule is CN1C(=O)C(N=[N+]=[N-])CCn2nc(CC3CCOC3)cc21. The van der Waals surface area contributed by atoms with Crippen LogP contribution in [0.1, 0.15) is 18.5 Å². The van der Waals surface area contributed by atoms with Crippen LogP contribution in [0.15, 0.2) is 11.2 Å². The number of carbonyl (C=O) groups is 1. The first kappa shape index (κ1) is 13.9. The third-order valence-corrected chi connectivity index (χ3v) is 4.10. The number of aromatic nitrogens is 2. The van der Waals surface area contributed by atoms with Gasteiger partial charge in [-0.25, -0.2) is 4.68 Å². The van der Waals surface area contributed by atoms with Crippen LogP contribution in [0.2, 0.25) is 0 Å². The quantitative estimate of drug-likeness (QED) is 0.479. The molecule has 2 aliphatic heterocycles. The molecule has 0 N–H and O–H groups in total. The van der Waals surface area contributed by atoms with E-state index in [4.69, 9.17) is 10.3 Å². The highest BCUT2D eigenvalue weighted by atomic mass is 16.5. The fourth-order valence-electron chi connectivity index (χ4n) is 2.91. The number of rotatable bonds is 3. The van der Waals surface area contributed by atoms with Crippen molar-refractivity contribution in [3.8, 4) is 0 Å². The van der Waals surface area contributed by atoms with Gasteiger partial charge in [-0.1, -0.05) is 5.11 Å². The second-order valence-electron chi connectivity index (χ2n) is 5.56. The van der Waals surface area contributed by atoms with Gasteiger partial charge in [0.25, 0.3) is 0 Å². The maximum atomic E-state index is 12.3. The van der Waals surface area contributed by atoms with Gasteiger partial charge in [-0.05, 0) is 30.7 Å². The molecule has 2 atom stereocenters. The number of hydrogen-bond donors (Lipinski definition) is 0. The van der Waals surface area contributed by atoms with Crippen molar-refractivity contribution in [2.75, 3.05) is 25.2 Å². The number of azide groups is 1. The Balaban J connectivity index is 1.80. The number of ether oxygens (including phenoxy) is 1. The van der Waals surface area contributed by atoms with E-state index in [0.29, 0.717) is 18.9 Å². The monoisotopic (exact) mass is 290 g/mol. The van der Waals surface area contributed by atoms with Crippen molar-refractivity contribution in [3.05, 3.63) is 22.2 Å². The molecule has 0 saturated carbocycles. The van der Waals surface area contributed by atoms with Crippen LogP contribution in [0.4, 0.5) is 5.82 Å². The lowest BCUT2D eigenvalue weighted by atomic mass is 10.0. The number of aryl methyl sites for hydroxylation is 1. The molecule has 1 aromatic heterocycles. The molecule has 1 aromatic rings. The highest BCUT2D eigenvalue weighted by molar-refractivity contribution is 5.96. The van der Waals surface area contributed by atoms with E-state index in [9.17, 15) is 4.79 Å². The molecule has 1 saturated heterocycles. The van der Waals surface area contributed by atoms with Gasteiger partial charge in [-0.2, -0.15) is 5.10 Å². The van der Waals surface area contributed by atoms with E-state index >= 15 is 0 Å². The Morgan fingerprint density at radius 2 is 2.43 bits per heavy atom. The van der Waals surface area contributed by atoms with Crippen LogP contribution >= 0.6 is 0 Å². The summed E-state index contributed by atoms with van der Waals surface area (Å²) >= 11 is 0. The number of anilines is 1. The average Bonchev–Trinajstić information content (AvgIpc) is 3.10. The van der Waals surface area contributed by atoms with Crippen molar-refractivity contribution in [2.24, 2.45) is 11.0 Å². The average molecular weight is 290 g/mol. The van der Waals surface area contributed by atoms with Crippen LogP contribution in [-0.2, 0) is 22.5 Å². The molecule has 2 aliphatic rings. The summed E-state index contributed by atoms with van der Waals surface area (Å²) in [5.74, 6) is 1.10. The predicted molar refractivity (Wildman–Crippen MR) is 75.8 cm³/mol. The topological polar surface area (TPSA) is 96.1 Å². The molecule has 8 heteroatoms. The number of carbonyl (C=O) groups excluding carboxylic acids is 1. The minimum absolute atomic E-state index is 0.179. The van der Waals surface area contributed by atoms with Crippen LogP contribution in [-0.4, -0.2) is 42.0 Å². The van der Waals surface area contributed by atoms with Crippen LogP contribution < -0.4 is 4.90 Å². The molecule has 0 aliphatic carbocycles.